The van der Waals surface area contributed by atoms with Gasteiger partial charge in [-0.15, -0.1) is 0 Å². The summed E-state index contributed by atoms with van der Waals surface area (Å²) in [6, 6.07) is 7.47. The molecule has 2 aliphatic rings. The lowest BCUT2D eigenvalue weighted by Crippen LogP contribution is -2.38. The van der Waals surface area contributed by atoms with Gasteiger partial charge in [-0.1, -0.05) is 22.0 Å². The Hall–Kier alpha value is -0.380. The minimum absolute atomic E-state index is 0.656. The minimum Gasteiger partial charge on any atom is -0.330 e. The fourth-order valence-electron chi connectivity index (χ4n) is 3.79. The Bertz CT molecular complexity index is 444. The molecule has 0 radical (unpaired) electrons. The Kier molecular flexibility index (Phi) is 4.25. The fourth-order valence-corrected chi connectivity index (χ4v) is 4.20. The molecule has 0 bridgehead atoms. The number of nitrogens with zero attached hydrogens (tertiary/aromatic N) is 1. The summed E-state index contributed by atoms with van der Waals surface area (Å²) in [7, 11) is 0. The molecule has 2 N–H and O–H groups in total. The van der Waals surface area contributed by atoms with E-state index >= 15 is 0 Å². The molecule has 2 unspecified atom stereocenters. The van der Waals surface area contributed by atoms with E-state index in [0.717, 1.165) is 12.5 Å². The van der Waals surface area contributed by atoms with Gasteiger partial charge < -0.3 is 5.73 Å². The van der Waals surface area contributed by atoms with Crippen LogP contribution < -0.4 is 5.73 Å². The third-order valence-corrected chi connectivity index (χ3v) is 5.21. The fraction of sp³-hybridized carbons (Fsp3) is 0.625. The lowest BCUT2D eigenvalue weighted by molar-refractivity contribution is 0.120. The van der Waals surface area contributed by atoms with Crippen LogP contribution in [0.15, 0.2) is 22.7 Å². The summed E-state index contributed by atoms with van der Waals surface area (Å²) in [6.07, 6.45) is 6.43. The van der Waals surface area contributed by atoms with E-state index in [4.69, 9.17) is 5.73 Å². The molecule has 1 fully saturated rings. The number of rotatable bonds is 3. The van der Waals surface area contributed by atoms with Crippen molar-refractivity contribution in [2.75, 3.05) is 19.6 Å². The van der Waals surface area contributed by atoms with Crippen LogP contribution in [0.3, 0.4) is 0 Å². The van der Waals surface area contributed by atoms with Gasteiger partial charge in [-0.25, -0.2) is 0 Å². The standard InChI is InChI=1S/C16H23BrN2/c17-14-4-5-15-13(10-14)3-6-16(15)19-9-1-2-12(11-19)7-8-18/h4-5,10,12,16H,1-3,6-9,11,18H2. The maximum Gasteiger partial charge on any atom is 0.0354 e. The largest absolute Gasteiger partial charge is 0.330 e. The highest BCUT2D eigenvalue weighted by Gasteiger charge is 2.31. The van der Waals surface area contributed by atoms with Crippen molar-refractivity contribution in [2.24, 2.45) is 11.7 Å². The molecule has 19 heavy (non-hydrogen) atoms. The Morgan fingerprint density at radius 3 is 3.05 bits per heavy atom. The van der Waals surface area contributed by atoms with Gasteiger partial charge in [0.2, 0.25) is 0 Å². The number of benzene rings is 1. The molecule has 0 spiro atoms. The van der Waals surface area contributed by atoms with Gasteiger partial charge in [0.05, 0.1) is 0 Å². The predicted octanol–water partition coefficient (Wildman–Crippen LogP) is 3.50. The van der Waals surface area contributed by atoms with Crippen molar-refractivity contribution in [1.82, 2.24) is 4.90 Å². The minimum atomic E-state index is 0.656. The topological polar surface area (TPSA) is 29.3 Å². The molecule has 3 heteroatoms. The van der Waals surface area contributed by atoms with E-state index in [1.54, 1.807) is 11.1 Å². The maximum atomic E-state index is 5.73. The highest BCUT2D eigenvalue weighted by molar-refractivity contribution is 9.10. The van der Waals surface area contributed by atoms with E-state index in [0.29, 0.717) is 6.04 Å². The number of likely N-dealkylation sites (tertiary alicyclic amines) is 1. The summed E-state index contributed by atoms with van der Waals surface area (Å²) in [5.41, 5.74) is 8.84. The molecule has 0 aromatic heterocycles. The average Bonchev–Trinajstić information content (AvgIpc) is 2.82. The molecule has 1 aliphatic heterocycles. The number of halogens is 1. The van der Waals surface area contributed by atoms with Gasteiger partial charge in [0.15, 0.2) is 0 Å². The van der Waals surface area contributed by atoms with Crippen LogP contribution in [0.2, 0.25) is 0 Å². The molecule has 104 valence electrons. The van der Waals surface area contributed by atoms with Crippen molar-refractivity contribution in [3.05, 3.63) is 33.8 Å². The van der Waals surface area contributed by atoms with Crippen molar-refractivity contribution >= 4 is 15.9 Å². The lowest BCUT2D eigenvalue weighted by atomic mass is 9.93. The molecule has 1 aromatic carbocycles. The Labute approximate surface area is 124 Å². The quantitative estimate of drug-likeness (QED) is 0.922. The molecule has 2 nitrogen and oxygen atoms in total. The van der Waals surface area contributed by atoms with Crippen LogP contribution in [-0.4, -0.2) is 24.5 Å². The molecule has 3 rings (SSSR count). The molecule has 1 aliphatic carbocycles. The number of piperidine rings is 1. The highest BCUT2D eigenvalue weighted by atomic mass is 79.9. The second-order valence-corrected chi connectivity index (χ2v) is 6.89. The van der Waals surface area contributed by atoms with Crippen LogP contribution in [0.25, 0.3) is 0 Å². The third kappa shape index (κ3) is 2.88. The zero-order valence-corrected chi connectivity index (χ0v) is 13.0. The summed E-state index contributed by atoms with van der Waals surface area (Å²) < 4.78 is 1.21. The summed E-state index contributed by atoms with van der Waals surface area (Å²) in [4.78, 5) is 2.71. The normalized spacial score (nSPS) is 27.5. The average molecular weight is 323 g/mol. The summed E-state index contributed by atoms with van der Waals surface area (Å²) in [5.74, 6) is 0.818. The molecule has 2 atom stereocenters. The van der Waals surface area contributed by atoms with Gasteiger partial charge in [0.1, 0.15) is 0 Å². The van der Waals surface area contributed by atoms with E-state index < -0.39 is 0 Å². The first-order valence-corrected chi connectivity index (χ1v) is 8.29. The Morgan fingerprint density at radius 1 is 1.32 bits per heavy atom. The van der Waals surface area contributed by atoms with Gasteiger partial charge in [-0.2, -0.15) is 0 Å². The van der Waals surface area contributed by atoms with E-state index in [1.165, 1.54) is 49.7 Å². The van der Waals surface area contributed by atoms with E-state index in [9.17, 15) is 0 Å². The van der Waals surface area contributed by atoms with Gasteiger partial charge in [0, 0.05) is 17.1 Å². The Balaban J connectivity index is 1.74. The molecule has 0 saturated carbocycles. The molecule has 1 heterocycles. The van der Waals surface area contributed by atoms with Gasteiger partial charge in [-0.05, 0) is 74.4 Å². The number of hydrogen-bond acceptors (Lipinski definition) is 2. The SMILES string of the molecule is NCCC1CCCN(C2CCc3cc(Br)ccc32)C1. The lowest BCUT2D eigenvalue weighted by Gasteiger charge is -2.37. The van der Waals surface area contributed by atoms with Gasteiger partial charge in [0.25, 0.3) is 0 Å². The van der Waals surface area contributed by atoms with Crippen molar-refractivity contribution in [1.29, 1.82) is 0 Å². The summed E-state index contributed by atoms with van der Waals surface area (Å²) in [6.45, 7) is 3.35. The number of nitrogens with two attached hydrogens (primary N) is 1. The Morgan fingerprint density at radius 2 is 2.21 bits per heavy atom. The van der Waals surface area contributed by atoms with Crippen LogP contribution in [0.4, 0.5) is 0 Å². The molecule has 0 amide bonds. The number of hydrogen-bond donors (Lipinski definition) is 1. The smallest absolute Gasteiger partial charge is 0.0354 e. The molecular formula is C16H23BrN2. The number of fused-ring (bicyclic) bond motifs is 1. The molecule has 1 saturated heterocycles. The second-order valence-electron chi connectivity index (χ2n) is 5.98. The zero-order chi connectivity index (χ0) is 13.2. The summed E-state index contributed by atoms with van der Waals surface area (Å²) >= 11 is 3.58. The monoisotopic (exact) mass is 322 g/mol. The van der Waals surface area contributed by atoms with Crippen molar-refractivity contribution < 1.29 is 0 Å². The predicted molar refractivity (Wildman–Crippen MR) is 83.2 cm³/mol. The van der Waals surface area contributed by atoms with Crippen LogP contribution in [-0.2, 0) is 6.42 Å². The van der Waals surface area contributed by atoms with Crippen LogP contribution in [0, 0.1) is 5.92 Å². The first kappa shape index (κ1) is 13.6. The van der Waals surface area contributed by atoms with Crippen LogP contribution in [0.5, 0.6) is 0 Å². The summed E-state index contributed by atoms with van der Waals surface area (Å²) in [5, 5.41) is 0. The molecular weight excluding hydrogens is 300 g/mol. The first-order chi connectivity index (χ1) is 9.28. The van der Waals surface area contributed by atoms with Crippen LogP contribution in [0.1, 0.15) is 42.9 Å². The van der Waals surface area contributed by atoms with E-state index in [-0.39, 0.29) is 0 Å². The zero-order valence-electron chi connectivity index (χ0n) is 11.4. The van der Waals surface area contributed by atoms with Crippen molar-refractivity contribution in [2.45, 2.75) is 38.1 Å². The first-order valence-electron chi connectivity index (χ1n) is 7.50. The molecule has 1 aromatic rings. The van der Waals surface area contributed by atoms with E-state index in [1.807, 2.05) is 0 Å². The van der Waals surface area contributed by atoms with Gasteiger partial charge in [-0.3, -0.25) is 4.90 Å². The van der Waals surface area contributed by atoms with Gasteiger partial charge >= 0.3 is 0 Å². The third-order valence-electron chi connectivity index (χ3n) is 4.72. The second kappa shape index (κ2) is 5.94. The highest BCUT2D eigenvalue weighted by Crippen LogP contribution is 2.39. The van der Waals surface area contributed by atoms with E-state index in [2.05, 4.69) is 39.0 Å². The maximum absolute atomic E-state index is 5.73. The number of aryl methyl sites for hydroxylation is 1. The van der Waals surface area contributed by atoms with Crippen molar-refractivity contribution in [3.63, 3.8) is 0 Å². The van der Waals surface area contributed by atoms with Crippen LogP contribution >= 0.6 is 15.9 Å². The van der Waals surface area contributed by atoms with Crippen molar-refractivity contribution in [3.8, 4) is 0 Å².